The normalized spacial score (nSPS) is 15.2. The third-order valence-electron chi connectivity index (χ3n) is 3.07. The highest BCUT2D eigenvalue weighted by Crippen LogP contribution is 2.46. The van der Waals surface area contributed by atoms with Gasteiger partial charge in [-0.15, -0.1) is 0 Å². The third-order valence-corrected chi connectivity index (χ3v) is 5.25. The molecule has 1 aromatic rings. The lowest BCUT2D eigenvalue weighted by Gasteiger charge is -2.23. The molecule has 0 bridgehead atoms. The fraction of sp³-hybridized carbons (Fsp3) is 0.500. The van der Waals surface area contributed by atoms with E-state index in [0.717, 1.165) is 11.6 Å². The summed E-state index contributed by atoms with van der Waals surface area (Å²) in [4.78, 5) is -1.96. The van der Waals surface area contributed by atoms with Gasteiger partial charge < -0.3 is 0 Å². The molecular formula is C12H9BrF9NO2S. The molecule has 14 heteroatoms. The van der Waals surface area contributed by atoms with Crippen LogP contribution in [0.5, 0.6) is 0 Å². The van der Waals surface area contributed by atoms with Crippen LogP contribution in [0.1, 0.15) is 24.5 Å². The molecule has 0 saturated heterocycles. The molecule has 26 heavy (non-hydrogen) atoms. The number of nitrogens with one attached hydrogen (secondary N) is 1. The Bertz CT molecular complexity index is 769. The lowest BCUT2D eigenvalue weighted by molar-refractivity contribution is -0.164. The fourth-order valence-corrected chi connectivity index (χ4v) is 4.06. The minimum Gasteiger partial charge on any atom is -0.207 e. The molecule has 0 radical (unpaired) electrons. The van der Waals surface area contributed by atoms with E-state index in [-0.39, 0.29) is 6.07 Å². The molecule has 0 saturated carbocycles. The van der Waals surface area contributed by atoms with Gasteiger partial charge >= 0.3 is 18.5 Å². The molecule has 1 aromatic carbocycles. The summed E-state index contributed by atoms with van der Waals surface area (Å²) in [6, 6.07) is -2.26. The van der Waals surface area contributed by atoms with E-state index in [1.807, 2.05) is 0 Å². The monoisotopic (exact) mass is 481 g/mol. The molecule has 0 heterocycles. The van der Waals surface area contributed by atoms with E-state index in [2.05, 4.69) is 15.9 Å². The lowest BCUT2D eigenvalue weighted by Crippen LogP contribution is -2.45. The summed E-state index contributed by atoms with van der Waals surface area (Å²) in [5.74, 6) is 0. The first-order valence-corrected chi connectivity index (χ1v) is 8.76. The first kappa shape index (κ1) is 23.0. The second kappa shape index (κ2) is 7.19. The summed E-state index contributed by atoms with van der Waals surface area (Å²) in [6.45, 7) is 0.897. The molecule has 0 aliphatic carbocycles. The van der Waals surface area contributed by atoms with Gasteiger partial charge in [0.05, 0.1) is 16.0 Å². The Morgan fingerprint density at radius 1 is 0.962 bits per heavy atom. The van der Waals surface area contributed by atoms with Crippen LogP contribution < -0.4 is 4.72 Å². The lowest BCUT2D eigenvalue weighted by atomic mass is 10.1. The van der Waals surface area contributed by atoms with Gasteiger partial charge in [-0.25, -0.2) is 8.42 Å². The Kier molecular flexibility index (Phi) is 6.36. The van der Waals surface area contributed by atoms with E-state index in [1.165, 1.54) is 0 Å². The molecule has 1 atom stereocenters. The zero-order chi connectivity index (χ0) is 20.7. The predicted octanol–water partition coefficient (Wildman–Crippen LogP) is 5.11. The van der Waals surface area contributed by atoms with Gasteiger partial charge in [0.15, 0.2) is 0 Å². The number of rotatable bonds is 4. The number of halogens is 10. The third kappa shape index (κ3) is 5.03. The van der Waals surface area contributed by atoms with Crippen LogP contribution in [0.25, 0.3) is 0 Å². The van der Waals surface area contributed by atoms with Crippen molar-refractivity contribution in [2.75, 3.05) is 0 Å². The molecule has 0 aliphatic rings. The van der Waals surface area contributed by atoms with E-state index < -0.39 is 61.5 Å². The van der Waals surface area contributed by atoms with Crippen LogP contribution in [0.4, 0.5) is 39.5 Å². The maximum absolute atomic E-state index is 13.2. The van der Waals surface area contributed by atoms with Crippen LogP contribution in [-0.2, 0) is 22.4 Å². The highest BCUT2D eigenvalue weighted by Gasteiger charge is 2.49. The van der Waals surface area contributed by atoms with Crippen molar-refractivity contribution in [3.63, 3.8) is 0 Å². The quantitative estimate of drug-likeness (QED) is 0.607. The van der Waals surface area contributed by atoms with Gasteiger partial charge in [-0.3, -0.25) is 0 Å². The maximum Gasteiger partial charge on any atom is 0.418 e. The highest BCUT2D eigenvalue weighted by molar-refractivity contribution is 9.10. The number of alkyl halides is 9. The van der Waals surface area contributed by atoms with Crippen LogP contribution in [0.15, 0.2) is 21.5 Å². The maximum atomic E-state index is 13.2. The first-order chi connectivity index (χ1) is 11.4. The Balaban J connectivity index is 3.73. The van der Waals surface area contributed by atoms with Gasteiger partial charge in [-0.05, 0) is 18.6 Å². The molecule has 0 aromatic heterocycles. The minimum absolute atomic E-state index is 0.146. The van der Waals surface area contributed by atoms with Gasteiger partial charge in [-0.2, -0.15) is 44.2 Å². The Morgan fingerprint density at radius 2 is 1.42 bits per heavy atom. The number of benzene rings is 1. The highest BCUT2D eigenvalue weighted by atomic mass is 79.9. The molecular weight excluding hydrogens is 473 g/mol. The van der Waals surface area contributed by atoms with Crippen molar-refractivity contribution in [2.24, 2.45) is 0 Å². The second-order valence-corrected chi connectivity index (χ2v) is 7.45. The zero-order valence-corrected chi connectivity index (χ0v) is 14.8. The van der Waals surface area contributed by atoms with Crippen molar-refractivity contribution in [3.05, 3.63) is 27.7 Å². The van der Waals surface area contributed by atoms with Crippen molar-refractivity contribution in [1.29, 1.82) is 0 Å². The van der Waals surface area contributed by atoms with E-state index >= 15 is 0 Å². The van der Waals surface area contributed by atoms with Crippen LogP contribution >= 0.6 is 15.9 Å². The molecule has 0 fully saturated rings. The van der Waals surface area contributed by atoms with E-state index in [9.17, 15) is 47.9 Å². The first-order valence-electron chi connectivity index (χ1n) is 6.48. The molecule has 150 valence electrons. The molecule has 0 unspecified atom stereocenters. The topological polar surface area (TPSA) is 46.2 Å². The molecule has 1 rings (SSSR count). The smallest absolute Gasteiger partial charge is 0.207 e. The Morgan fingerprint density at radius 3 is 1.77 bits per heavy atom. The van der Waals surface area contributed by atoms with Crippen molar-refractivity contribution in [3.8, 4) is 0 Å². The molecule has 3 nitrogen and oxygen atoms in total. The molecule has 0 amide bonds. The van der Waals surface area contributed by atoms with Crippen molar-refractivity contribution in [2.45, 2.75) is 42.8 Å². The van der Waals surface area contributed by atoms with Gasteiger partial charge in [0, 0.05) is 4.47 Å². The van der Waals surface area contributed by atoms with Crippen LogP contribution in [0.2, 0.25) is 0 Å². The number of sulfonamides is 1. The van der Waals surface area contributed by atoms with Crippen molar-refractivity contribution in [1.82, 2.24) is 4.72 Å². The van der Waals surface area contributed by atoms with Crippen LogP contribution in [-0.4, -0.2) is 20.6 Å². The average molecular weight is 482 g/mol. The van der Waals surface area contributed by atoms with Crippen LogP contribution in [0, 0.1) is 0 Å². The predicted molar refractivity (Wildman–Crippen MR) is 74.6 cm³/mol. The summed E-state index contributed by atoms with van der Waals surface area (Å²) in [5, 5.41) is 0. The van der Waals surface area contributed by atoms with Gasteiger partial charge in [-0.1, -0.05) is 22.9 Å². The largest absolute Gasteiger partial charge is 0.418 e. The summed E-state index contributed by atoms with van der Waals surface area (Å²) in [5.41, 5.74) is -4.96. The van der Waals surface area contributed by atoms with Crippen molar-refractivity contribution >= 4 is 26.0 Å². The van der Waals surface area contributed by atoms with E-state index in [1.54, 1.807) is 0 Å². The van der Waals surface area contributed by atoms with Gasteiger partial charge in [0.25, 0.3) is 0 Å². The molecule has 0 spiro atoms. The van der Waals surface area contributed by atoms with Crippen LogP contribution in [0.3, 0.4) is 0 Å². The molecule has 0 aliphatic heterocycles. The summed E-state index contributed by atoms with van der Waals surface area (Å²) in [7, 11) is -5.58. The SMILES string of the molecule is CC[C@H](NS(=O)(=O)c1ccc(Br)c(C(F)(F)F)c1C(F)(F)F)C(F)(F)F. The zero-order valence-electron chi connectivity index (χ0n) is 12.4. The molecule has 1 N–H and O–H groups in total. The standard InChI is InChI=1S/C12H9BrF9NO2S/c1-2-7(10(14,15)16)23-26(24,25)6-4-3-5(13)8(11(17,18)19)9(6)12(20,21)22/h3-4,7,23H,2H2,1H3/t7-/m0/s1. The van der Waals surface area contributed by atoms with Gasteiger partial charge in [0.1, 0.15) is 6.04 Å². The van der Waals surface area contributed by atoms with E-state index in [4.69, 9.17) is 0 Å². The number of hydrogen-bond acceptors (Lipinski definition) is 2. The Hall–Kier alpha value is -1.02. The Labute approximate surface area is 149 Å². The summed E-state index contributed by atoms with van der Waals surface area (Å²) in [6.07, 6.45) is -17.5. The van der Waals surface area contributed by atoms with Gasteiger partial charge in [0.2, 0.25) is 10.0 Å². The second-order valence-electron chi connectivity index (χ2n) is 4.91. The summed E-state index contributed by atoms with van der Waals surface area (Å²) < 4.78 is 140. The summed E-state index contributed by atoms with van der Waals surface area (Å²) >= 11 is 2.26. The average Bonchev–Trinajstić information content (AvgIpc) is 2.40. The van der Waals surface area contributed by atoms with Crippen molar-refractivity contribution < 1.29 is 47.9 Å². The number of hydrogen-bond donors (Lipinski definition) is 1. The minimum atomic E-state index is -5.81. The fourth-order valence-electron chi connectivity index (χ4n) is 1.97. The van der Waals surface area contributed by atoms with E-state index in [0.29, 0.717) is 6.07 Å².